The third-order valence-electron chi connectivity index (χ3n) is 3.67. The summed E-state index contributed by atoms with van der Waals surface area (Å²) in [7, 11) is 0. The van der Waals surface area contributed by atoms with Crippen molar-refractivity contribution in [3.63, 3.8) is 0 Å². The summed E-state index contributed by atoms with van der Waals surface area (Å²) in [6, 6.07) is 3.95. The van der Waals surface area contributed by atoms with Gasteiger partial charge in [0.2, 0.25) is 0 Å². The van der Waals surface area contributed by atoms with Crippen LogP contribution in [0, 0.1) is 11.8 Å². The SMILES string of the molecule is Clc1ccc(C2=C[C@@H]3CNCC[C@@H]3C2)cn1. The van der Waals surface area contributed by atoms with Crippen molar-refractivity contribution in [3.8, 4) is 0 Å². The maximum absolute atomic E-state index is 5.80. The van der Waals surface area contributed by atoms with Gasteiger partial charge in [-0.05, 0) is 48.4 Å². The molecule has 3 rings (SSSR count). The molecule has 1 aliphatic carbocycles. The minimum atomic E-state index is 0.571. The molecule has 1 aromatic heterocycles. The van der Waals surface area contributed by atoms with Crippen molar-refractivity contribution in [2.24, 2.45) is 11.8 Å². The Morgan fingerprint density at radius 2 is 2.31 bits per heavy atom. The number of halogens is 1. The van der Waals surface area contributed by atoms with Crippen molar-refractivity contribution in [1.29, 1.82) is 0 Å². The number of hydrogen-bond acceptors (Lipinski definition) is 2. The minimum Gasteiger partial charge on any atom is -0.316 e. The first-order chi connectivity index (χ1) is 7.83. The molecule has 0 bridgehead atoms. The second-order valence-electron chi connectivity index (χ2n) is 4.68. The molecule has 0 amide bonds. The van der Waals surface area contributed by atoms with Gasteiger partial charge in [0.05, 0.1) is 0 Å². The standard InChI is InChI=1S/C13H15ClN2/c14-13-2-1-10(8-16-13)11-5-9-3-4-15-7-12(9)6-11/h1-2,6,8-9,12,15H,3-5,7H2/t9-,12-/m1/s1. The van der Waals surface area contributed by atoms with Crippen LogP contribution in [0.1, 0.15) is 18.4 Å². The molecule has 1 saturated heterocycles. The number of piperidine rings is 1. The van der Waals surface area contributed by atoms with Crippen LogP contribution in [0.3, 0.4) is 0 Å². The van der Waals surface area contributed by atoms with Gasteiger partial charge in [-0.1, -0.05) is 23.7 Å². The van der Waals surface area contributed by atoms with Crippen molar-refractivity contribution < 1.29 is 0 Å². The molecule has 1 N–H and O–H groups in total. The molecule has 2 aliphatic rings. The van der Waals surface area contributed by atoms with Crippen LogP contribution in [0.5, 0.6) is 0 Å². The third kappa shape index (κ3) is 1.87. The summed E-state index contributed by atoms with van der Waals surface area (Å²) in [5.41, 5.74) is 2.68. The monoisotopic (exact) mass is 234 g/mol. The Morgan fingerprint density at radius 3 is 3.06 bits per heavy atom. The maximum atomic E-state index is 5.80. The first-order valence-corrected chi connectivity index (χ1v) is 6.24. The summed E-state index contributed by atoms with van der Waals surface area (Å²) in [4.78, 5) is 4.15. The fraction of sp³-hybridized carbons (Fsp3) is 0.462. The van der Waals surface area contributed by atoms with Crippen molar-refractivity contribution >= 4 is 17.2 Å². The topological polar surface area (TPSA) is 24.9 Å². The summed E-state index contributed by atoms with van der Waals surface area (Å²) in [6.07, 6.45) is 6.81. The van der Waals surface area contributed by atoms with E-state index in [4.69, 9.17) is 11.6 Å². The van der Waals surface area contributed by atoms with E-state index in [0.29, 0.717) is 5.15 Å². The summed E-state index contributed by atoms with van der Waals surface area (Å²) < 4.78 is 0. The zero-order valence-electron chi connectivity index (χ0n) is 9.12. The average Bonchev–Trinajstić information content (AvgIpc) is 2.73. The Balaban J connectivity index is 1.83. The number of fused-ring (bicyclic) bond motifs is 1. The highest BCUT2D eigenvalue weighted by Crippen LogP contribution is 2.39. The zero-order valence-corrected chi connectivity index (χ0v) is 9.87. The van der Waals surface area contributed by atoms with Crippen molar-refractivity contribution in [2.45, 2.75) is 12.8 Å². The highest BCUT2D eigenvalue weighted by Gasteiger charge is 2.29. The van der Waals surface area contributed by atoms with Crippen LogP contribution in [-0.2, 0) is 0 Å². The molecule has 16 heavy (non-hydrogen) atoms. The van der Waals surface area contributed by atoms with Crippen LogP contribution in [0.15, 0.2) is 24.4 Å². The molecule has 2 heterocycles. The van der Waals surface area contributed by atoms with E-state index in [1.165, 1.54) is 30.5 Å². The highest BCUT2D eigenvalue weighted by atomic mass is 35.5. The molecule has 0 unspecified atom stereocenters. The summed E-state index contributed by atoms with van der Waals surface area (Å²) in [5.74, 6) is 1.56. The summed E-state index contributed by atoms with van der Waals surface area (Å²) in [5, 5.41) is 4.03. The van der Waals surface area contributed by atoms with E-state index in [2.05, 4.69) is 22.4 Å². The summed E-state index contributed by atoms with van der Waals surface area (Å²) in [6.45, 7) is 2.30. The number of nitrogens with zero attached hydrogens (tertiary/aromatic N) is 1. The molecule has 0 radical (unpaired) electrons. The Morgan fingerprint density at radius 1 is 1.38 bits per heavy atom. The molecule has 2 nitrogen and oxygen atoms in total. The lowest BCUT2D eigenvalue weighted by atomic mass is 9.89. The van der Waals surface area contributed by atoms with Gasteiger partial charge >= 0.3 is 0 Å². The number of hydrogen-bond donors (Lipinski definition) is 1. The highest BCUT2D eigenvalue weighted by molar-refractivity contribution is 6.29. The van der Waals surface area contributed by atoms with E-state index in [1.54, 1.807) is 0 Å². The summed E-state index contributed by atoms with van der Waals surface area (Å²) >= 11 is 5.80. The van der Waals surface area contributed by atoms with E-state index in [-0.39, 0.29) is 0 Å². The normalized spacial score (nSPS) is 28.7. The Labute approximate surface area is 101 Å². The Hall–Kier alpha value is -0.860. The number of aromatic nitrogens is 1. The van der Waals surface area contributed by atoms with Gasteiger partial charge in [0.1, 0.15) is 5.15 Å². The second-order valence-corrected chi connectivity index (χ2v) is 5.07. The van der Waals surface area contributed by atoms with Gasteiger partial charge in [-0.25, -0.2) is 4.98 Å². The van der Waals surface area contributed by atoms with Gasteiger partial charge < -0.3 is 5.32 Å². The fourth-order valence-electron chi connectivity index (χ4n) is 2.77. The third-order valence-corrected chi connectivity index (χ3v) is 3.90. The van der Waals surface area contributed by atoms with Gasteiger partial charge in [0, 0.05) is 12.7 Å². The molecule has 0 spiro atoms. The predicted octanol–water partition coefficient (Wildman–Crippen LogP) is 2.75. The Bertz CT molecular complexity index is 410. The lowest BCUT2D eigenvalue weighted by Crippen LogP contribution is -2.33. The molecule has 0 aromatic carbocycles. The number of pyridine rings is 1. The molecule has 2 atom stereocenters. The molecule has 84 valence electrons. The molecule has 3 heteroatoms. The lowest BCUT2D eigenvalue weighted by Gasteiger charge is -2.25. The molecule has 0 saturated carbocycles. The second kappa shape index (κ2) is 4.19. The van der Waals surface area contributed by atoms with E-state index >= 15 is 0 Å². The van der Waals surface area contributed by atoms with Gasteiger partial charge in [-0.2, -0.15) is 0 Å². The van der Waals surface area contributed by atoms with E-state index in [1.807, 2.05) is 12.3 Å². The molecular formula is C13H15ClN2. The Kier molecular flexibility index (Phi) is 2.70. The minimum absolute atomic E-state index is 0.571. The van der Waals surface area contributed by atoms with Crippen molar-refractivity contribution in [1.82, 2.24) is 10.3 Å². The first kappa shape index (κ1) is 10.3. The lowest BCUT2D eigenvalue weighted by molar-refractivity contribution is 0.323. The number of nitrogens with one attached hydrogen (secondary N) is 1. The molecule has 1 aliphatic heterocycles. The maximum Gasteiger partial charge on any atom is 0.129 e. The van der Waals surface area contributed by atoms with E-state index in [9.17, 15) is 0 Å². The number of rotatable bonds is 1. The zero-order chi connectivity index (χ0) is 11.0. The van der Waals surface area contributed by atoms with Crippen LogP contribution < -0.4 is 5.32 Å². The van der Waals surface area contributed by atoms with Crippen molar-refractivity contribution in [3.05, 3.63) is 35.1 Å². The average molecular weight is 235 g/mol. The van der Waals surface area contributed by atoms with Crippen molar-refractivity contribution in [2.75, 3.05) is 13.1 Å². The van der Waals surface area contributed by atoms with Gasteiger partial charge in [0.25, 0.3) is 0 Å². The van der Waals surface area contributed by atoms with Crippen LogP contribution in [0.4, 0.5) is 0 Å². The van der Waals surface area contributed by atoms with E-state index in [0.717, 1.165) is 18.4 Å². The molecular weight excluding hydrogens is 220 g/mol. The van der Waals surface area contributed by atoms with Crippen LogP contribution in [0.25, 0.3) is 5.57 Å². The largest absolute Gasteiger partial charge is 0.316 e. The number of allylic oxidation sites excluding steroid dienone is 1. The quantitative estimate of drug-likeness (QED) is 0.756. The van der Waals surface area contributed by atoms with E-state index < -0.39 is 0 Å². The fourth-order valence-corrected chi connectivity index (χ4v) is 2.89. The van der Waals surface area contributed by atoms with Crippen LogP contribution in [-0.4, -0.2) is 18.1 Å². The first-order valence-electron chi connectivity index (χ1n) is 5.86. The van der Waals surface area contributed by atoms with Gasteiger partial charge in [-0.15, -0.1) is 0 Å². The van der Waals surface area contributed by atoms with Gasteiger partial charge in [-0.3, -0.25) is 0 Å². The molecule has 1 aromatic rings. The molecule has 1 fully saturated rings. The van der Waals surface area contributed by atoms with Crippen LogP contribution in [0.2, 0.25) is 5.15 Å². The van der Waals surface area contributed by atoms with Crippen LogP contribution >= 0.6 is 11.6 Å². The predicted molar refractivity (Wildman–Crippen MR) is 66.3 cm³/mol. The smallest absolute Gasteiger partial charge is 0.129 e. The van der Waals surface area contributed by atoms with Gasteiger partial charge in [0.15, 0.2) is 0 Å².